The van der Waals surface area contributed by atoms with Crippen molar-refractivity contribution in [3.05, 3.63) is 81.0 Å². The number of nitrogens with zero attached hydrogens (tertiary/aromatic N) is 1. The van der Waals surface area contributed by atoms with Gasteiger partial charge in [0.25, 0.3) is 5.69 Å². The zero-order valence-electron chi connectivity index (χ0n) is 10.6. The van der Waals surface area contributed by atoms with Crippen LogP contribution in [-0.4, -0.2) is 4.92 Å². The summed E-state index contributed by atoms with van der Waals surface area (Å²) < 4.78 is 0. The largest absolute Gasteiger partial charge is 0.371 e. The molecule has 20 heavy (non-hydrogen) atoms. The zero-order valence-corrected chi connectivity index (χ0v) is 11.4. The third-order valence-electron chi connectivity index (χ3n) is 2.73. The highest BCUT2D eigenvalue weighted by Gasteiger charge is 2.11. The summed E-state index contributed by atoms with van der Waals surface area (Å²) in [7, 11) is 0. The van der Waals surface area contributed by atoms with Crippen molar-refractivity contribution in [2.24, 2.45) is 0 Å². The van der Waals surface area contributed by atoms with E-state index < -0.39 is 4.92 Å². The van der Waals surface area contributed by atoms with Gasteiger partial charge in [0.2, 0.25) is 0 Å². The Hall–Kier alpha value is -2.33. The second-order valence-electron chi connectivity index (χ2n) is 4.14. The molecule has 0 radical (unpaired) electrons. The van der Waals surface area contributed by atoms with Crippen LogP contribution in [0.25, 0.3) is 6.08 Å². The third-order valence-corrected chi connectivity index (χ3v) is 2.97. The molecule has 0 saturated heterocycles. The minimum absolute atomic E-state index is 0.0872. The Kier molecular flexibility index (Phi) is 4.74. The molecule has 0 spiro atoms. The Balaban J connectivity index is 2.06. The minimum atomic E-state index is -0.397. The summed E-state index contributed by atoms with van der Waals surface area (Å²) in [6.45, 7) is 0.305. The van der Waals surface area contributed by atoms with E-state index in [1.165, 1.54) is 6.07 Å². The number of hydrogen-bond acceptors (Lipinski definition) is 3. The van der Waals surface area contributed by atoms with Crippen molar-refractivity contribution < 1.29 is 4.92 Å². The lowest BCUT2D eigenvalue weighted by molar-refractivity contribution is -0.385. The number of benzene rings is 2. The number of halogens is 1. The van der Waals surface area contributed by atoms with Crippen molar-refractivity contribution in [3.63, 3.8) is 0 Å². The maximum absolute atomic E-state index is 10.9. The molecule has 0 unspecified atom stereocenters. The molecule has 0 fully saturated rings. The van der Waals surface area contributed by atoms with Crippen LogP contribution in [-0.2, 0) is 6.54 Å². The van der Waals surface area contributed by atoms with E-state index in [9.17, 15) is 10.1 Å². The molecule has 102 valence electrons. The molecule has 2 aromatic carbocycles. The summed E-state index contributed by atoms with van der Waals surface area (Å²) in [5, 5.41) is 14.3. The van der Waals surface area contributed by atoms with Crippen LogP contribution in [0, 0.1) is 10.1 Å². The van der Waals surface area contributed by atoms with Gasteiger partial charge in [-0.15, -0.1) is 0 Å². The Morgan fingerprint density at radius 1 is 1.15 bits per heavy atom. The number of rotatable bonds is 5. The van der Waals surface area contributed by atoms with Crippen LogP contribution < -0.4 is 5.32 Å². The predicted octanol–water partition coefficient (Wildman–Crippen LogP) is 3.92. The third kappa shape index (κ3) is 3.83. The van der Waals surface area contributed by atoms with Gasteiger partial charge in [0, 0.05) is 18.2 Å². The van der Waals surface area contributed by atoms with Crippen molar-refractivity contribution in [1.82, 2.24) is 5.32 Å². The summed E-state index contributed by atoms with van der Waals surface area (Å²) in [6.07, 6.45) is 1.77. The Morgan fingerprint density at radius 3 is 2.50 bits per heavy atom. The lowest BCUT2D eigenvalue weighted by Crippen LogP contribution is -2.10. The molecule has 0 heterocycles. The Labute approximate surface area is 121 Å². The number of para-hydroxylation sites is 1. The first-order chi connectivity index (χ1) is 9.66. The molecule has 5 heteroatoms. The molecule has 0 aliphatic carbocycles. The van der Waals surface area contributed by atoms with Crippen molar-refractivity contribution in [3.8, 4) is 0 Å². The molecular formula is C15H13ClN2O2. The normalized spacial score (nSPS) is 11.2. The molecule has 0 aromatic heterocycles. The summed E-state index contributed by atoms with van der Waals surface area (Å²) in [6, 6.07) is 16.2. The van der Waals surface area contributed by atoms with Gasteiger partial charge in [-0.2, -0.15) is 0 Å². The first-order valence-corrected chi connectivity index (χ1v) is 6.43. The summed E-state index contributed by atoms with van der Waals surface area (Å²) in [5.74, 6) is 0. The molecule has 2 aromatic rings. The van der Waals surface area contributed by atoms with E-state index in [0.717, 1.165) is 5.56 Å². The molecular weight excluding hydrogens is 276 g/mol. The zero-order chi connectivity index (χ0) is 14.4. The fourth-order valence-electron chi connectivity index (χ4n) is 1.76. The van der Waals surface area contributed by atoms with Crippen LogP contribution >= 0.6 is 11.6 Å². The Bertz CT molecular complexity index is 627. The van der Waals surface area contributed by atoms with E-state index in [1.807, 2.05) is 30.3 Å². The number of nitro benzene ring substituents is 1. The van der Waals surface area contributed by atoms with Crippen LogP contribution in [0.1, 0.15) is 11.1 Å². The van der Waals surface area contributed by atoms with Gasteiger partial charge in [-0.25, -0.2) is 0 Å². The molecule has 0 amide bonds. The molecule has 4 nitrogen and oxygen atoms in total. The van der Waals surface area contributed by atoms with E-state index >= 15 is 0 Å². The summed E-state index contributed by atoms with van der Waals surface area (Å²) in [5.41, 5.74) is 1.65. The molecule has 0 saturated carbocycles. The Morgan fingerprint density at radius 2 is 1.80 bits per heavy atom. The number of hydrogen-bond donors (Lipinski definition) is 1. The second kappa shape index (κ2) is 6.73. The molecule has 1 N–H and O–H groups in total. The SMILES string of the molecule is O=[N+]([O-])c1ccccc1CN/C(Cl)=C/c1ccccc1. The fourth-order valence-corrected chi connectivity index (χ4v) is 1.96. The predicted molar refractivity (Wildman–Crippen MR) is 80.2 cm³/mol. The topological polar surface area (TPSA) is 55.2 Å². The van der Waals surface area contributed by atoms with Gasteiger partial charge >= 0.3 is 0 Å². The highest BCUT2D eigenvalue weighted by molar-refractivity contribution is 6.31. The summed E-state index contributed by atoms with van der Waals surface area (Å²) in [4.78, 5) is 10.5. The quantitative estimate of drug-likeness (QED) is 0.515. The number of nitrogens with one attached hydrogen (secondary N) is 1. The second-order valence-corrected chi connectivity index (χ2v) is 4.55. The maximum atomic E-state index is 10.9. The van der Waals surface area contributed by atoms with Crippen molar-refractivity contribution in [2.45, 2.75) is 6.54 Å². The van der Waals surface area contributed by atoms with Gasteiger partial charge in [0.1, 0.15) is 5.16 Å². The van der Waals surface area contributed by atoms with Crippen LogP contribution in [0.2, 0.25) is 0 Å². The van der Waals surface area contributed by atoms with E-state index in [1.54, 1.807) is 24.3 Å². The molecule has 0 aliphatic rings. The van der Waals surface area contributed by atoms with E-state index in [-0.39, 0.29) is 5.69 Å². The standard InChI is InChI=1S/C15H13ClN2O2/c16-15(10-12-6-2-1-3-7-12)17-11-13-8-4-5-9-14(13)18(19)20/h1-10,17H,11H2/b15-10+. The summed E-state index contributed by atoms with van der Waals surface area (Å²) >= 11 is 6.08. The van der Waals surface area contributed by atoms with Crippen molar-refractivity contribution in [1.29, 1.82) is 0 Å². The van der Waals surface area contributed by atoms with E-state index in [2.05, 4.69) is 5.32 Å². The fraction of sp³-hybridized carbons (Fsp3) is 0.0667. The van der Waals surface area contributed by atoms with Crippen LogP contribution in [0.4, 0.5) is 5.69 Å². The molecule has 0 bridgehead atoms. The average Bonchev–Trinajstić information content (AvgIpc) is 2.46. The van der Waals surface area contributed by atoms with Gasteiger partial charge in [-0.1, -0.05) is 60.1 Å². The van der Waals surface area contributed by atoms with E-state index in [4.69, 9.17) is 11.6 Å². The van der Waals surface area contributed by atoms with Crippen LogP contribution in [0.5, 0.6) is 0 Å². The lowest BCUT2D eigenvalue weighted by Gasteiger charge is -2.06. The first kappa shape index (κ1) is 14.1. The van der Waals surface area contributed by atoms with E-state index in [0.29, 0.717) is 17.3 Å². The lowest BCUT2D eigenvalue weighted by atomic mass is 10.2. The molecule has 0 aliphatic heterocycles. The van der Waals surface area contributed by atoms with Gasteiger partial charge in [0.05, 0.1) is 4.92 Å². The highest BCUT2D eigenvalue weighted by Crippen LogP contribution is 2.18. The first-order valence-electron chi connectivity index (χ1n) is 6.05. The van der Waals surface area contributed by atoms with Crippen molar-refractivity contribution in [2.75, 3.05) is 0 Å². The van der Waals surface area contributed by atoms with Gasteiger partial charge in [-0.05, 0) is 11.6 Å². The van der Waals surface area contributed by atoms with Crippen molar-refractivity contribution >= 4 is 23.4 Å². The average molecular weight is 289 g/mol. The molecule has 2 rings (SSSR count). The van der Waals surface area contributed by atoms with Crippen LogP contribution in [0.15, 0.2) is 59.8 Å². The van der Waals surface area contributed by atoms with Gasteiger partial charge < -0.3 is 5.32 Å². The van der Waals surface area contributed by atoms with Crippen LogP contribution in [0.3, 0.4) is 0 Å². The smallest absolute Gasteiger partial charge is 0.274 e. The minimum Gasteiger partial charge on any atom is -0.371 e. The van der Waals surface area contributed by atoms with Gasteiger partial charge in [-0.3, -0.25) is 10.1 Å². The van der Waals surface area contributed by atoms with Gasteiger partial charge in [0.15, 0.2) is 0 Å². The molecule has 0 atom stereocenters. The maximum Gasteiger partial charge on any atom is 0.274 e. The number of nitro groups is 1. The highest BCUT2D eigenvalue weighted by atomic mass is 35.5. The monoisotopic (exact) mass is 288 g/mol.